The molecule has 2 heterocycles. The molecule has 26 heavy (non-hydrogen) atoms. The lowest BCUT2D eigenvalue weighted by Crippen LogP contribution is -2.15. The molecule has 0 saturated carbocycles. The van der Waals surface area contributed by atoms with E-state index in [0.717, 1.165) is 25.3 Å². The third-order valence-electron chi connectivity index (χ3n) is 4.27. The second-order valence-corrected chi connectivity index (χ2v) is 6.08. The van der Waals surface area contributed by atoms with Crippen LogP contribution in [0.15, 0.2) is 79.6 Å². The van der Waals surface area contributed by atoms with Crippen molar-refractivity contribution in [2.45, 2.75) is 19.6 Å². The normalized spacial score (nSPS) is 10.9. The molecule has 0 bridgehead atoms. The van der Waals surface area contributed by atoms with E-state index >= 15 is 0 Å². The van der Waals surface area contributed by atoms with Crippen molar-refractivity contribution in [3.05, 3.63) is 96.3 Å². The van der Waals surface area contributed by atoms with Gasteiger partial charge in [0.05, 0.1) is 12.2 Å². The van der Waals surface area contributed by atoms with Gasteiger partial charge in [-0.25, -0.2) is 14.3 Å². The first-order valence-corrected chi connectivity index (χ1v) is 8.57. The number of aromatic nitrogens is 5. The van der Waals surface area contributed by atoms with E-state index in [1.165, 1.54) is 16.7 Å². The van der Waals surface area contributed by atoms with Crippen LogP contribution in [0.1, 0.15) is 16.7 Å². The first-order valence-electron chi connectivity index (χ1n) is 8.57. The summed E-state index contributed by atoms with van der Waals surface area (Å²) < 4.78 is 3.70. The monoisotopic (exact) mass is 344 g/mol. The number of benzene rings is 2. The van der Waals surface area contributed by atoms with Crippen LogP contribution in [0, 0.1) is 0 Å². The summed E-state index contributed by atoms with van der Waals surface area (Å²) in [6.45, 7) is 2.36. The lowest BCUT2D eigenvalue weighted by Gasteiger charge is -2.11. The zero-order valence-corrected chi connectivity index (χ0v) is 14.4. The lowest BCUT2D eigenvalue weighted by atomic mass is 10.1. The SMILES string of the molecule is c1ccc(Cn2cncn2)c(CNCc2ccc(-n3cccn3)cc2)c1. The van der Waals surface area contributed by atoms with Gasteiger partial charge in [-0.2, -0.15) is 10.2 Å². The van der Waals surface area contributed by atoms with Gasteiger partial charge in [-0.15, -0.1) is 0 Å². The zero-order valence-electron chi connectivity index (χ0n) is 14.4. The average molecular weight is 344 g/mol. The van der Waals surface area contributed by atoms with Gasteiger partial charge >= 0.3 is 0 Å². The molecule has 0 unspecified atom stereocenters. The maximum absolute atomic E-state index is 4.25. The minimum Gasteiger partial charge on any atom is -0.309 e. The molecule has 6 nitrogen and oxygen atoms in total. The molecule has 0 radical (unpaired) electrons. The number of hydrogen-bond donors (Lipinski definition) is 1. The fourth-order valence-electron chi connectivity index (χ4n) is 2.90. The predicted molar refractivity (Wildman–Crippen MR) is 99.7 cm³/mol. The van der Waals surface area contributed by atoms with Gasteiger partial charge < -0.3 is 5.32 Å². The van der Waals surface area contributed by atoms with Gasteiger partial charge in [-0.05, 0) is 34.9 Å². The van der Waals surface area contributed by atoms with Crippen LogP contribution in [0.4, 0.5) is 0 Å². The van der Waals surface area contributed by atoms with Gasteiger partial charge in [0.15, 0.2) is 0 Å². The summed E-state index contributed by atoms with van der Waals surface area (Å²) >= 11 is 0. The number of hydrogen-bond acceptors (Lipinski definition) is 4. The second kappa shape index (κ2) is 7.76. The molecular formula is C20H20N6. The molecule has 0 aliphatic carbocycles. The summed E-state index contributed by atoms with van der Waals surface area (Å²) in [5.41, 5.74) is 4.84. The van der Waals surface area contributed by atoms with Gasteiger partial charge in [0.2, 0.25) is 0 Å². The van der Waals surface area contributed by atoms with E-state index in [0.29, 0.717) is 0 Å². The summed E-state index contributed by atoms with van der Waals surface area (Å²) in [5, 5.41) is 12.0. The number of nitrogens with zero attached hydrogens (tertiary/aromatic N) is 5. The molecule has 0 fully saturated rings. The van der Waals surface area contributed by atoms with E-state index in [-0.39, 0.29) is 0 Å². The maximum atomic E-state index is 4.25. The van der Waals surface area contributed by atoms with Crippen molar-refractivity contribution in [1.29, 1.82) is 0 Å². The molecule has 0 atom stereocenters. The Bertz CT molecular complexity index is 927. The first-order chi connectivity index (χ1) is 12.9. The Morgan fingerprint density at radius 1 is 0.846 bits per heavy atom. The summed E-state index contributed by atoms with van der Waals surface area (Å²) in [6, 6.07) is 18.8. The van der Waals surface area contributed by atoms with Gasteiger partial charge in [-0.3, -0.25) is 0 Å². The molecule has 0 aliphatic heterocycles. The van der Waals surface area contributed by atoms with Crippen LogP contribution in [-0.2, 0) is 19.6 Å². The summed E-state index contributed by atoms with van der Waals surface area (Å²) in [7, 11) is 0. The van der Waals surface area contributed by atoms with Crippen LogP contribution >= 0.6 is 0 Å². The molecule has 2 aromatic carbocycles. The number of rotatable bonds is 7. The molecule has 1 N–H and O–H groups in total. The van der Waals surface area contributed by atoms with Gasteiger partial charge in [0, 0.05) is 25.5 Å². The Morgan fingerprint density at radius 2 is 1.69 bits per heavy atom. The van der Waals surface area contributed by atoms with E-state index in [4.69, 9.17) is 0 Å². The minimum absolute atomic E-state index is 0.733. The molecule has 130 valence electrons. The second-order valence-electron chi connectivity index (χ2n) is 6.08. The van der Waals surface area contributed by atoms with E-state index in [9.17, 15) is 0 Å². The van der Waals surface area contributed by atoms with Crippen LogP contribution in [-0.4, -0.2) is 24.5 Å². The summed E-state index contributed by atoms with van der Waals surface area (Å²) in [4.78, 5) is 4.01. The van der Waals surface area contributed by atoms with Gasteiger partial charge in [0.25, 0.3) is 0 Å². The van der Waals surface area contributed by atoms with Crippen molar-refractivity contribution in [2.75, 3.05) is 0 Å². The fraction of sp³-hybridized carbons (Fsp3) is 0.150. The fourth-order valence-corrected chi connectivity index (χ4v) is 2.90. The highest BCUT2D eigenvalue weighted by atomic mass is 15.3. The Labute approximate surface area is 152 Å². The summed E-state index contributed by atoms with van der Waals surface area (Å²) in [6.07, 6.45) is 7.03. The average Bonchev–Trinajstić information content (AvgIpc) is 3.38. The molecule has 0 saturated heterocycles. The van der Waals surface area contributed by atoms with E-state index < -0.39 is 0 Å². The van der Waals surface area contributed by atoms with Crippen LogP contribution in [0.25, 0.3) is 5.69 Å². The molecule has 0 amide bonds. The van der Waals surface area contributed by atoms with Crippen LogP contribution in [0.3, 0.4) is 0 Å². The van der Waals surface area contributed by atoms with E-state index in [1.54, 1.807) is 18.9 Å². The van der Waals surface area contributed by atoms with Crippen molar-refractivity contribution < 1.29 is 0 Å². The molecular weight excluding hydrogens is 324 g/mol. The van der Waals surface area contributed by atoms with Gasteiger partial charge in [0.1, 0.15) is 12.7 Å². The van der Waals surface area contributed by atoms with Crippen molar-refractivity contribution in [3.8, 4) is 5.69 Å². The zero-order chi connectivity index (χ0) is 17.6. The van der Waals surface area contributed by atoms with Crippen molar-refractivity contribution in [2.24, 2.45) is 0 Å². The Balaban J connectivity index is 1.36. The molecule has 0 aliphatic rings. The van der Waals surface area contributed by atoms with Crippen molar-refractivity contribution in [1.82, 2.24) is 29.9 Å². The predicted octanol–water partition coefficient (Wildman–Crippen LogP) is 2.80. The van der Waals surface area contributed by atoms with Crippen LogP contribution in [0.5, 0.6) is 0 Å². The van der Waals surface area contributed by atoms with E-state index in [2.05, 4.69) is 69.0 Å². The molecule has 4 rings (SSSR count). The van der Waals surface area contributed by atoms with Crippen LogP contribution < -0.4 is 5.32 Å². The molecule has 0 spiro atoms. The Morgan fingerprint density at radius 3 is 2.42 bits per heavy atom. The first kappa shape index (κ1) is 16.2. The molecule has 4 aromatic rings. The lowest BCUT2D eigenvalue weighted by molar-refractivity contribution is 0.655. The standard InChI is InChI=1S/C20H20N6/c1-2-5-19(14-25-16-22-15-24-25)18(4-1)13-21-12-17-6-8-20(9-7-17)26-11-3-10-23-26/h1-11,15-16,21H,12-14H2. The minimum atomic E-state index is 0.733. The highest BCUT2D eigenvalue weighted by Crippen LogP contribution is 2.12. The van der Waals surface area contributed by atoms with Gasteiger partial charge in [-0.1, -0.05) is 36.4 Å². The maximum Gasteiger partial charge on any atom is 0.137 e. The highest BCUT2D eigenvalue weighted by Gasteiger charge is 2.03. The molecule has 6 heteroatoms. The number of nitrogens with one attached hydrogen (secondary N) is 1. The van der Waals surface area contributed by atoms with Crippen LogP contribution in [0.2, 0.25) is 0 Å². The van der Waals surface area contributed by atoms with Crippen molar-refractivity contribution in [3.63, 3.8) is 0 Å². The summed E-state index contributed by atoms with van der Waals surface area (Å²) in [5.74, 6) is 0. The third kappa shape index (κ3) is 3.87. The van der Waals surface area contributed by atoms with E-state index in [1.807, 2.05) is 21.6 Å². The highest BCUT2D eigenvalue weighted by molar-refractivity contribution is 5.34. The Hall–Kier alpha value is -3.25. The Kier molecular flexibility index (Phi) is 4.84. The van der Waals surface area contributed by atoms with Crippen molar-refractivity contribution >= 4 is 0 Å². The largest absolute Gasteiger partial charge is 0.309 e. The smallest absolute Gasteiger partial charge is 0.137 e. The third-order valence-corrected chi connectivity index (χ3v) is 4.27. The molecule has 2 aromatic heterocycles. The quantitative estimate of drug-likeness (QED) is 0.560. The topological polar surface area (TPSA) is 60.6 Å².